The Morgan fingerprint density at radius 3 is 2.00 bits per heavy atom. The number of rotatable bonds is 7. The molecule has 0 aromatic rings. The van der Waals surface area contributed by atoms with Crippen LogP contribution in [0, 0.1) is 0 Å². The SMILES string of the molecule is NCCNCCN1CCN(CCN)CC1.[HH].[HH].[HH]. The van der Waals surface area contributed by atoms with Crippen LogP contribution < -0.4 is 16.8 Å². The van der Waals surface area contributed by atoms with E-state index in [9.17, 15) is 0 Å². The van der Waals surface area contributed by atoms with E-state index in [1.165, 1.54) is 13.1 Å². The number of nitrogens with two attached hydrogens (primary N) is 2. The molecule has 0 bridgehead atoms. The Balaban J connectivity index is -0.000000750. The van der Waals surface area contributed by atoms with Crippen LogP contribution in [-0.2, 0) is 0 Å². The van der Waals surface area contributed by atoms with E-state index in [0.29, 0.717) is 0 Å². The van der Waals surface area contributed by atoms with Crippen LogP contribution >= 0.6 is 0 Å². The van der Waals surface area contributed by atoms with Crippen LogP contribution in [0.15, 0.2) is 0 Å². The molecule has 5 nitrogen and oxygen atoms in total. The van der Waals surface area contributed by atoms with Gasteiger partial charge in [-0.3, -0.25) is 9.80 Å². The predicted molar refractivity (Wildman–Crippen MR) is 70.2 cm³/mol. The van der Waals surface area contributed by atoms with Gasteiger partial charge in [0, 0.05) is 69.7 Å². The molecule has 0 atom stereocenters. The van der Waals surface area contributed by atoms with E-state index in [-0.39, 0.29) is 4.28 Å². The molecule has 0 radical (unpaired) electrons. The summed E-state index contributed by atoms with van der Waals surface area (Å²) in [6.45, 7) is 10.3. The summed E-state index contributed by atoms with van der Waals surface area (Å²) in [6, 6.07) is 0. The average molecular weight is 221 g/mol. The zero-order valence-corrected chi connectivity index (χ0v) is 9.62. The molecular weight excluding hydrogens is 190 g/mol. The molecule has 0 aromatic carbocycles. The van der Waals surface area contributed by atoms with E-state index in [1.807, 2.05) is 0 Å². The lowest BCUT2D eigenvalue weighted by molar-refractivity contribution is 0.136. The predicted octanol–water partition coefficient (Wildman–Crippen LogP) is -1.15. The van der Waals surface area contributed by atoms with Crippen molar-refractivity contribution in [2.24, 2.45) is 11.5 Å². The summed E-state index contributed by atoms with van der Waals surface area (Å²) in [4.78, 5) is 4.93. The van der Waals surface area contributed by atoms with Crippen molar-refractivity contribution in [3.63, 3.8) is 0 Å². The largest absolute Gasteiger partial charge is 0.329 e. The fourth-order valence-corrected chi connectivity index (χ4v) is 1.88. The van der Waals surface area contributed by atoms with Gasteiger partial charge in [-0.15, -0.1) is 0 Å². The average Bonchev–Trinajstić information content (AvgIpc) is 2.27. The second-order valence-electron chi connectivity index (χ2n) is 4.01. The zero-order valence-electron chi connectivity index (χ0n) is 9.62. The summed E-state index contributed by atoms with van der Waals surface area (Å²) in [5.41, 5.74) is 10.9. The van der Waals surface area contributed by atoms with Crippen molar-refractivity contribution in [3.8, 4) is 0 Å². The van der Waals surface area contributed by atoms with E-state index in [2.05, 4.69) is 15.1 Å². The molecular formula is C10H31N5. The second-order valence-corrected chi connectivity index (χ2v) is 4.01. The van der Waals surface area contributed by atoms with Crippen molar-refractivity contribution < 1.29 is 4.28 Å². The third-order valence-corrected chi connectivity index (χ3v) is 2.84. The first-order valence-corrected chi connectivity index (χ1v) is 5.92. The molecule has 1 aliphatic heterocycles. The maximum atomic E-state index is 5.53. The van der Waals surface area contributed by atoms with E-state index in [4.69, 9.17) is 11.5 Å². The Labute approximate surface area is 97.2 Å². The molecule has 0 aromatic heterocycles. The molecule has 0 aliphatic carbocycles. The molecule has 1 fully saturated rings. The Bertz CT molecular complexity index is 154. The molecule has 0 unspecified atom stereocenters. The third-order valence-electron chi connectivity index (χ3n) is 2.84. The van der Waals surface area contributed by atoms with Gasteiger partial charge in [0.25, 0.3) is 0 Å². The van der Waals surface area contributed by atoms with Crippen LogP contribution in [0.5, 0.6) is 0 Å². The van der Waals surface area contributed by atoms with Crippen LogP contribution in [0.2, 0.25) is 0 Å². The van der Waals surface area contributed by atoms with Crippen molar-refractivity contribution in [1.29, 1.82) is 0 Å². The van der Waals surface area contributed by atoms with Gasteiger partial charge in [-0.25, -0.2) is 0 Å². The lowest BCUT2D eigenvalue weighted by atomic mass is 10.3. The van der Waals surface area contributed by atoms with Crippen LogP contribution in [0.3, 0.4) is 0 Å². The molecule has 0 spiro atoms. The highest BCUT2D eigenvalue weighted by Gasteiger charge is 2.14. The maximum absolute atomic E-state index is 5.53. The monoisotopic (exact) mass is 221 g/mol. The van der Waals surface area contributed by atoms with Gasteiger partial charge in [0.1, 0.15) is 0 Å². The number of hydrogen-bond acceptors (Lipinski definition) is 5. The fraction of sp³-hybridized carbons (Fsp3) is 1.00. The molecule has 0 saturated carbocycles. The molecule has 96 valence electrons. The highest BCUT2D eigenvalue weighted by Crippen LogP contribution is 1.99. The molecule has 1 heterocycles. The number of nitrogens with zero attached hydrogens (tertiary/aromatic N) is 2. The van der Waals surface area contributed by atoms with Gasteiger partial charge < -0.3 is 16.8 Å². The van der Waals surface area contributed by atoms with Crippen LogP contribution in [0.1, 0.15) is 4.28 Å². The summed E-state index contributed by atoms with van der Waals surface area (Å²) in [6.07, 6.45) is 0. The standard InChI is InChI=1S/C10H25N5.3H2/c11-1-3-13-4-6-15-9-7-14(5-2-12)8-10-15;;;/h13H,1-12H2;3*1H. The van der Waals surface area contributed by atoms with Crippen LogP contribution in [0.4, 0.5) is 0 Å². The maximum Gasteiger partial charge on any atom is 0.0110 e. The highest BCUT2D eigenvalue weighted by molar-refractivity contribution is 4.72. The third kappa shape index (κ3) is 5.44. The molecule has 5 N–H and O–H groups in total. The number of hydrogen-bond donors (Lipinski definition) is 3. The zero-order chi connectivity index (χ0) is 10.9. The topological polar surface area (TPSA) is 70.5 Å². The summed E-state index contributed by atoms with van der Waals surface area (Å²) in [5, 5.41) is 3.32. The molecule has 1 saturated heterocycles. The van der Waals surface area contributed by atoms with Gasteiger partial charge >= 0.3 is 0 Å². The van der Waals surface area contributed by atoms with Gasteiger partial charge in [0.15, 0.2) is 0 Å². The lowest BCUT2D eigenvalue weighted by Gasteiger charge is -2.34. The number of nitrogens with one attached hydrogen (secondary N) is 1. The Hall–Kier alpha value is -0.200. The fourth-order valence-electron chi connectivity index (χ4n) is 1.88. The van der Waals surface area contributed by atoms with Crippen LogP contribution in [-0.4, -0.2) is 75.2 Å². The second kappa shape index (κ2) is 8.01. The lowest BCUT2D eigenvalue weighted by Crippen LogP contribution is -2.49. The van der Waals surface area contributed by atoms with E-state index >= 15 is 0 Å². The minimum atomic E-state index is 0. The molecule has 15 heavy (non-hydrogen) atoms. The minimum Gasteiger partial charge on any atom is -0.329 e. The van der Waals surface area contributed by atoms with Crippen molar-refractivity contribution in [2.75, 3.05) is 65.4 Å². The van der Waals surface area contributed by atoms with Crippen molar-refractivity contribution in [2.45, 2.75) is 0 Å². The van der Waals surface area contributed by atoms with Gasteiger partial charge in [-0.1, -0.05) is 0 Å². The van der Waals surface area contributed by atoms with E-state index in [1.54, 1.807) is 0 Å². The van der Waals surface area contributed by atoms with Crippen molar-refractivity contribution >= 4 is 0 Å². The summed E-state index contributed by atoms with van der Waals surface area (Å²) in [7, 11) is 0. The van der Waals surface area contributed by atoms with E-state index in [0.717, 1.165) is 52.4 Å². The van der Waals surface area contributed by atoms with Gasteiger partial charge in [0.2, 0.25) is 0 Å². The summed E-state index contributed by atoms with van der Waals surface area (Å²) < 4.78 is 0. The Morgan fingerprint density at radius 1 is 0.867 bits per heavy atom. The quantitative estimate of drug-likeness (QED) is 0.474. The van der Waals surface area contributed by atoms with Crippen molar-refractivity contribution in [3.05, 3.63) is 0 Å². The highest BCUT2D eigenvalue weighted by atomic mass is 15.3. The first-order valence-electron chi connectivity index (χ1n) is 5.92. The smallest absolute Gasteiger partial charge is 0.0110 e. The minimum absolute atomic E-state index is 0. The number of piperazine rings is 1. The molecule has 1 rings (SSSR count). The first-order chi connectivity index (χ1) is 7.36. The van der Waals surface area contributed by atoms with E-state index < -0.39 is 0 Å². The summed E-state index contributed by atoms with van der Waals surface area (Å²) in [5.74, 6) is 0. The van der Waals surface area contributed by atoms with Gasteiger partial charge in [-0.2, -0.15) is 0 Å². The van der Waals surface area contributed by atoms with Crippen molar-refractivity contribution in [1.82, 2.24) is 15.1 Å². The van der Waals surface area contributed by atoms with Crippen LogP contribution in [0.25, 0.3) is 0 Å². The summed E-state index contributed by atoms with van der Waals surface area (Å²) >= 11 is 0. The molecule has 5 heteroatoms. The Morgan fingerprint density at radius 2 is 1.47 bits per heavy atom. The van der Waals surface area contributed by atoms with Gasteiger partial charge in [0.05, 0.1) is 0 Å². The Kier molecular flexibility index (Phi) is 6.87. The molecule has 1 aliphatic rings. The first kappa shape index (κ1) is 12.9. The normalized spacial score (nSPS) is 19.6. The van der Waals surface area contributed by atoms with Gasteiger partial charge in [-0.05, 0) is 0 Å². The molecule has 0 amide bonds.